The molecule has 2 aliphatic heterocycles. The number of hydrogen-bond donors (Lipinski definition) is 1. The van der Waals surface area contributed by atoms with E-state index in [9.17, 15) is 21.6 Å². The summed E-state index contributed by atoms with van der Waals surface area (Å²) in [4.78, 5) is 15.3. The summed E-state index contributed by atoms with van der Waals surface area (Å²) in [6, 6.07) is 10.2. The van der Waals surface area contributed by atoms with Crippen molar-refractivity contribution in [3.63, 3.8) is 0 Å². The van der Waals surface area contributed by atoms with Gasteiger partial charge < -0.3 is 15.0 Å². The maximum absolute atomic E-state index is 13.6. The molecule has 4 rings (SSSR count). The van der Waals surface area contributed by atoms with Crippen LogP contribution in [0.15, 0.2) is 52.3 Å². The van der Waals surface area contributed by atoms with E-state index in [-0.39, 0.29) is 27.1 Å². The van der Waals surface area contributed by atoms with E-state index in [1.165, 1.54) is 58.2 Å². The summed E-state index contributed by atoms with van der Waals surface area (Å²) in [5.74, 6) is -0.329. The van der Waals surface area contributed by atoms with Gasteiger partial charge in [-0.2, -0.15) is 8.61 Å². The highest BCUT2D eigenvalue weighted by Gasteiger charge is 2.35. The lowest BCUT2D eigenvalue weighted by molar-refractivity contribution is 0.102. The van der Waals surface area contributed by atoms with Gasteiger partial charge >= 0.3 is 0 Å². The quantitative estimate of drug-likeness (QED) is 0.524. The minimum absolute atomic E-state index is 0.0402. The van der Waals surface area contributed by atoms with Crippen molar-refractivity contribution in [2.75, 3.05) is 52.2 Å². The Morgan fingerprint density at radius 3 is 2.26 bits per heavy atom. The summed E-state index contributed by atoms with van der Waals surface area (Å²) >= 11 is 0. The Kier molecular flexibility index (Phi) is 8.78. The fourth-order valence-electron chi connectivity index (χ4n) is 4.94. The van der Waals surface area contributed by atoms with Gasteiger partial charge in [-0.1, -0.05) is 13.3 Å². The summed E-state index contributed by atoms with van der Waals surface area (Å²) in [5, 5.41) is 2.73. The van der Waals surface area contributed by atoms with Gasteiger partial charge in [0.1, 0.15) is 10.6 Å². The van der Waals surface area contributed by atoms with Crippen molar-refractivity contribution in [2.45, 2.75) is 48.4 Å². The SMILES string of the molecule is CC[C@H]1CCCCN1S(=O)(=O)c1cc(C(=O)Nc2ccc(S(=O)(=O)N3CCN(C)CC3)cc2)ccc1OC. The number of carbonyl (C=O) groups is 1. The molecule has 2 aromatic rings. The summed E-state index contributed by atoms with van der Waals surface area (Å²) < 4.78 is 61.5. The number of benzene rings is 2. The monoisotopic (exact) mass is 564 g/mol. The molecule has 1 atom stereocenters. The van der Waals surface area contributed by atoms with Crippen LogP contribution in [0.1, 0.15) is 43.0 Å². The molecule has 2 heterocycles. The third-order valence-corrected chi connectivity index (χ3v) is 11.2. The molecule has 0 unspecified atom stereocenters. The first-order valence-electron chi connectivity index (χ1n) is 12.9. The summed E-state index contributed by atoms with van der Waals surface area (Å²) in [7, 11) is -4.14. The van der Waals surface area contributed by atoms with Crippen LogP contribution in [-0.4, -0.2) is 89.2 Å². The minimum Gasteiger partial charge on any atom is -0.495 e. The largest absolute Gasteiger partial charge is 0.495 e. The van der Waals surface area contributed by atoms with Crippen molar-refractivity contribution in [3.8, 4) is 5.75 Å². The van der Waals surface area contributed by atoms with Gasteiger partial charge in [-0.15, -0.1) is 0 Å². The number of nitrogens with one attached hydrogen (secondary N) is 1. The first kappa shape index (κ1) is 28.5. The third-order valence-electron chi connectivity index (χ3n) is 7.27. The van der Waals surface area contributed by atoms with Crippen LogP contribution in [0, 0.1) is 0 Å². The van der Waals surface area contributed by atoms with Gasteiger partial charge in [0, 0.05) is 50.0 Å². The van der Waals surface area contributed by atoms with E-state index in [0.29, 0.717) is 44.8 Å². The van der Waals surface area contributed by atoms with Crippen molar-refractivity contribution in [1.82, 2.24) is 13.5 Å². The van der Waals surface area contributed by atoms with Crippen LogP contribution in [0.25, 0.3) is 0 Å². The number of nitrogens with zero attached hydrogens (tertiary/aromatic N) is 3. The van der Waals surface area contributed by atoms with Crippen LogP contribution in [0.5, 0.6) is 5.75 Å². The third kappa shape index (κ3) is 5.89. The van der Waals surface area contributed by atoms with Gasteiger partial charge in [0.05, 0.1) is 12.0 Å². The molecule has 2 fully saturated rings. The van der Waals surface area contributed by atoms with Gasteiger partial charge in [-0.25, -0.2) is 16.8 Å². The average molecular weight is 565 g/mol. The zero-order valence-electron chi connectivity index (χ0n) is 22.1. The molecule has 0 aromatic heterocycles. The van der Waals surface area contributed by atoms with E-state index >= 15 is 0 Å². The second kappa shape index (κ2) is 11.7. The number of anilines is 1. The number of hydrogen-bond acceptors (Lipinski definition) is 7. The Hall–Kier alpha value is -2.51. The Bertz CT molecular complexity index is 1350. The Balaban J connectivity index is 1.53. The number of amides is 1. The first-order chi connectivity index (χ1) is 18.1. The smallest absolute Gasteiger partial charge is 0.255 e. The number of piperazine rings is 1. The van der Waals surface area contributed by atoms with E-state index < -0.39 is 26.0 Å². The number of carbonyl (C=O) groups excluding carboxylic acids is 1. The number of methoxy groups -OCH3 is 1. The molecule has 1 amide bonds. The predicted octanol–water partition coefficient (Wildman–Crippen LogP) is 2.84. The van der Waals surface area contributed by atoms with E-state index in [2.05, 4.69) is 10.2 Å². The average Bonchev–Trinajstić information content (AvgIpc) is 2.93. The number of rotatable bonds is 8. The second-order valence-electron chi connectivity index (χ2n) is 9.73. The van der Waals surface area contributed by atoms with Crippen molar-refractivity contribution in [3.05, 3.63) is 48.0 Å². The van der Waals surface area contributed by atoms with E-state index in [4.69, 9.17) is 4.74 Å². The minimum atomic E-state index is -3.88. The van der Waals surface area contributed by atoms with Crippen LogP contribution in [-0.2, 0) is 20.0 Å². The zero-order chi connectivity index (χ0) is 27.5. The Labute approximate surface area is 225 Å². The molecule has 0 spiro atoms. The molecule has 12 heteroatoms. The topological polar surface area (TPSA) is 116 Å². The van der Waals surface area contributed by atoms with Crippen LogP contribution in [0.4, 0.5) is 5.69 Å². The molecule has 0 radical (unpaired) electrons. The molecule has 10 nitrogen and oxygen atoms in total. The van der Waals surface area contributed by atoms with Crippen molar-refractivity contribution in [1.29, 1.82) is 0 Å². The van der Waals surface area contributed by atoms with Crippen molar-refractivity contribution >= 4 is 31.6 Å². The van der Waals surface area contributed by atoms with Crippen molar-refractivity contribution < 1.29 is 26.4 Å². The zero-order valence-corrected chi connectivity index (χ0v) is 23.7. The standard InChI is InChI=1S/C26H36N4O6S2/c1-4-22-7-5-6-14-30(22)38(34,35)25-19-20(8-13-24(25)36-3)26(31)27-21-9-11-23(12-10-21)37(32,33)29-17-15-28(2)16-18-29/h8-13,19,22H,4-7,14-18H2,1-3H3,(H,27,31)/t22-/m0/s1. The van der Waals surface area contributed by atoms with Gasteiger partial charge in [-0.3, -0.25) is 4.79 Å². The van der Waals surface area contributed by atoms with Gasteiger partial charge in [0.15, 0.2) is 0 Å². The molecule has 38 heavy (non-hydrogen) atoms. The maximum Gasteiger partial charge on any atom is 0.255 e. The number of likely N-dealkylation sites (N-methyl/N-ethyl adjacent to an activating group) is 1. The molecule has 0 bridgehead atoms. The molecule has 208 valence electrons. The molecule has 2 saturated heterocycles. The van der Waals surface area contributed by atoms with Crippen LogP contribution in [0.2, 0.25) is 0 Å². The number of sulfonamides is 2. The second-order valence-corrected chi connectivity index (χ2v) is 13.5. The highest BCUT2D eigenvalue weighted by Crippen LogP contribution is 2.33. The normalized spacial score (nSPS) is 20.2. The van der Waals surface area contributed by atoms with Crippen LogP contribution < -0.4 is 10.1 Å². The highest BCUT2D eigenvalue weighted by atomic mass is 32.2. The van der Waals surface area contributed by atoms with Crippen LogP contribution in [0.3, 0.4) is 0 Å². The van der Waals surface area contributed by atoms with Crippen molar-refractivity contribution in [2.24, 2.45) is 0 Å². The number of piperidine rings is 1. The molecule has 0 saturated carbocycles. The summed E-state index contributed by atoms with van der Waals surface area (Å²) in [6.07, 6.45) is 3.29. The fraction of sp³-hybridized carbons (Fsp3) is 0.500. The molecular weight excluding hydrogens is 528 g/mol. The van der Waals surface area contributed by atoms with Gasteiger partial charge in [0.2, 0.25) is 20.0 Å². The van der Waals surface area contributed by atoms with E-state index in [1.807, 2.05) is 14.0 Å². The lowest BCUT2D eigenvalue weighted by Gasteiger charge is -2.34. The highest BCUT2D eigenvalue weighted by molar-refractivity contribution is 7.89. The molecule has 0 aliphatic carbocycles. The van der Waals surface area contributed by atoms with Crippen LogP contribution >= 0.6 is 0 Å². The summed E-state index contributed by atoms with van der Waals surface area (Å²) in [5.41, 5.74) is 0.554. The van der Waals surface area contributed by atoms with E-state index in [0.717, 1.165) is 19.3 Å². The first-order valence-corrected chi connectivity index (χ1v) is 15.8. The molecule has 1 N–H and O–H groups in total. The molecule has 2 aliphatic rings. The Morgan fingerprint density at radius 2 is 1.63 bits per heavy atom. The Morgan fingerprint density at radius 1 is 0.947 bits per heavy atom. The molecular formula is C26H36N4O6S2. The lowest BCUT2D eigenvalue weighted by Crippen LogP contribution is -2.46. The predicted molar refractivity (Wildman–Crippen MR) is 145 cm³/mol. The number of ether oxygens (including phenoxy) is 1. The van der Waals surface area contributed by atoms with Gasteiger partial charge in [0.25, 0.3) is 5.91 Å². The summed E-state index contributed by atoms with van der Waals surface area (Å²) in [6.45, 7) is 4.60. The van der Waals surface area contributed by atoms with E-state index in [1.54, 1.807) is 0 Å². The lowest BCUT2D eigenvalue weighted by atomic mass is 10.0. The fourth-order valence-corrected chi connectivity index (χ4v) is 8.31. The van der Waals surface area contributed by atoms with Gasteiger partial charge in [-0.05, 0) is 68.8 Å². The maximum atomic E-state index is 13.6. The molecule has 2 aromatic carbocycles.